The van der Waals surface area contributed by atoms with Crippen molar-refractivity contribution in [3.8, 4) is 0 Å². The summed E-state index contributed by atoms with van der Waals surface area (Å²) in [6.45, 7) is 9.86. The van der Waals surface area contributed by atoms with Crippen LogP contribution in [-0.2, 0) is 20.1 Å². The van der Waals surface area contributed by atoms with Crippen LogP contribution in [0.2, 0.25) is 0 Å². The van der Waals surface area contributed by atoms with Crippen molar-refractivity contribution in [1.29, 1.82) is 0 Å². The predicted molar refractivity (Wildman–Crippen MR) is 111 cm³/mol. The van der Waals surface area contributed by atoms with Gasteiger partial charge in [-0.1, -0.05) is 23.8 Å². The molecule has 1 aromatic heterocycles. The molecule has 132 valence electrons. The average molecular weight is 441 g/mol. The topological polar surface area (TPSA) is 54.2 Å². The molecular formula is C18H28IN5. The van der Waals surface area contributed by atoms with Crippen molar-refractivity contribution in [2.24, 2.45) is 12.0 Å². The Hall–Kier alpha value is -1.57. The van der Waals surface area contributed by atoms with Crippen LogP contribution >= 0.6 is 24.0 Å². The first kappa shape index (κ1) is 20.5. The Morgan fingerprint density at radius 2 is 1.79 bits per heavy atom. The van der Waals surface area contributed by atoms with Crippen molar-refractivity contribution >= 4 is 29.9 Å². The number of nitrogens with zero attached hydrogens (tertiary/aromatic N) is 3. The van der Waals surface area contributed by atoms with Gasteiger partial charge in [-0.15, -0.1) is 24.0 Å². The first-order valence-electron chi connectivity index (χ1n) is 7.92. The molecule has 0 spiro atoms. The van der Waals surface area contributed by atoms with E-state index >= 15 is 0 Å². The maximum Gasteiger partial charge on any atom is 0.191 e. The Morgan fingerprint density at radius 1 is 1.12 bits per heavy atom. The predicted octanol–water partition coefficient (Wildman–Crippen LogP) is 3.14. The molecule has 0 bridgehead atoms. The van der Waals surface area contributed by atoms with Crippen molar-refractivity contribution in [2.45, 2.75) is 40.8 Å². The number of aromatic nitrogens is 2. The summed E-state index contributed by atoms with van der Waals surface area (Å²) in [5, 5.41) is 11.2. The molecule has 0 atom stereocenters. The number of benzene rings is 1. The highest BCUT2D eigenvalue weighted by molar-refractivity contribution is 14.0. The van der Waals surface area contributed by atoms with Gasteiger partial charge in [0, 0.05) is 38.4 Å². The van der Waals surface area contributed by atoms with Crippen LogP contribution in [0.4, 0.5) is 0 Å². The molecule has 1 heterocycles. The number of aliphatic imine (C=N–C) groups is 1. The van der Waals surface area contributed by atoms with E-state index in [1.807, 2.05) is 18.7 Å². The van der Waals surface area contributed by atoms with Gasteiger partial charge in [-0.2, -0.15) is 5.10 Å². The van der Waals surface area contributed by atoms with Crippen LogP contribution < -0.4 is 10.6 Å². The SMILES string of the molecule is CN=C(NCc1ccc(C)cc1C)NCc1c(C)nn(C)c1C.I. The maximum absolute atomic E-state index is 4.44. The van der Waals surface area contributed by atoms with Gasteiger partial charge in [0.25, 0.3) is 0 Å². The summed E-state index contributed by atoms with van der Waals surface area (Å²) >= 11 is 0. The number of nitrogens with one attached hydrogen (secondary N) is 2. The highest BCUT2D eigenvalue weighted by Crippen LogP contribution is 2.12. The smallest absolute Gasteiger partial charge is 0.191 e. The largest absolute Gasteiger partial charge is 0.352 e. The van der Waals surface area contributed by atoms with E-state index in [2.05, 4.69) is 59.7 Å². The molecule has 0 aliphatic heterocycles. The third-order valence-electron chi connectivity index (χ3n) is 4.26. The van der Waals surface area contributed by atoms with Gasteiger partial charge in [0.2, 0.25) is 0 Å². The molecule has 24 heavy (non-hydrogen) atoms. The van der Waals surface area contributed by atoms with Gasteiger partial charge < -0.3 is 10.6 Å². The zero-order valence-electron chi connectivity index (χ0n) is 15.4. The second kappa shape index (κ2) is 9.05. The zero-order chi connectivity index (χ0) is 17.0. The molecule has 0 unspecified atom stereocenters. The third-order valence-corrected chi connectivity index (χ3v) is 4.26. The van der Waals surface area contributed by atoms with E-state index in [0.29, 0.717) is 0 Å². The van der Waals surface area contributed by atoms with Gasteiger partial charge in [-0.25, -0.2) is 0 Å². The standard InChI is InChI=1S/C18H27N5.HI/c1-12-7-8-16(13(2)9-12)10-20-18(19-5)21-11-17-14(3)22-23(6)15(17)4;/h7-9H,10-11H2,1-6H3,(H2,19,20,21);1H. The summed E-state index contributed by atoms with van der Waals surface area (Å²) in [5.74, 6) is 0.799. The van der Waals surface area contributed by atoms with Gasteiger partial charge in [0.15, 0.2) is 5.96 Å². The number of aryl methyl sites for hydroxylation is 4. The molecule has 0 fully saturated rings. The van der Waals surface area contributed by atoms with Gasteiger partial charge in [0.1, 0.15) is 0 Å². The molecule has 0 aliphatic rings. The van der Waals surface area contributed by atoms with Gasteiger partial charge in [0.05, 0.1) is 5.69 Å². The van der Waals surface area contributed by atoms with Crippen LogP contribution in [0.15, 0.2) is 23.2 Å². The Morgan fingerprint density at radius 3 is 2.33 bits per heavy atom. The van der Waals surface area contributed by atoms with E-state index in [0.717, 1.165) is 24.7 Å². The second-order valence-corrected chi connectivity index (χ2v) is 5.98. The highest BCUT2D eigenvalue weighted by atomic mass is 127. The molecule has 0 aliphatic carbocycles. The van der Waals surface area contributed by atoms with Crippen molar-refractivity contribution in [1.82, 2.24) is 20.4 Å². The molecule has 2 rings (SSSR count). The van der Waals surface area contributed by atoms with E-state index in [-0.39, 0.29) is 24.0 Å². The van der Waals surface area contributed by atoms with Crippen molar-refractivity contribution in [3.05, 3.63) is 51.8 Å². The first-order chi connectivity index (χ1) is 10.9. The van der Waals surface area contributed by atoms with E-state index in [9.17, 15) is 0 Å². The maximum atomic E-state index is 4.44. The minimum Gasteiger partial charge on any atom is -0.352 e. The fourth-order valence-electron chi connectivity index (χ4n) is 2.69. The van der Waals surface area contributed by atoms with Crippen molar-refractivity contribution in [3.63, 3.8) is 0 Å². The van der Waals surface area contributed by atoms with Crippen LogP contribution in [0.3, 0.4) is 0 Å². The lowest BCUT2D eigenvalue weighted by atomic mass is 10.1. The molecule has 0 radical (unpaired) electrons. The molecule has 0 amide bonds. The molecule has 0 saturated carbocycles. The Balaban J connectivity index is 0.00000288. The Bertz CT molecular complexity index is 718. The number of rotatable bonds is 4. The molecule has 5 nitrogen and oxygen atoms in total. The third kappa shape index (κ3) is 4.96. The van der Waals surface area contributed by atoms with Gasteiger partial charge >= 0.3 is 0 Å². The van der Waals surface area contributed by atoms with E-state index in [4.69, 9.17) is 0 Å². The zero-order valence-corrected chi connectivity index (χ0v) is 17.7. The van der Waals surface area contributed by atoms with Crippen molar-refractivity contribution in [2.75, 3.05) is 7.05 Å². The number of guanidine groups is 1. The summed E-state index contributed by atoms with van der Waals surface area (Å²) in [6.07, 6.45) is 0. The minimum absolute atomic E-state index is 0. The Labute approximate surface area is 162 Å². The van der Waals surface area contributed by atoms with Crippen LogP contribution in [0.25, 0.3) is 0 Å². The van der Waals surface area contributed by atoms with Crippen LogP contribution in [-0.4, -0.2) is 22.8 Å². The summed E-state index contributed by atoms with van der Waals surface area (Å²) in [5.41, 5.74) is 7.33. The summed E-state index contributed by atoms with van der Waals surface area (Å²) < 4.78 is 1.91. The lowest BCUT2D eigenvalue weighted by Gasteiger charge is -2.13. The first-order valence-corrected chi connectivity index (χ1v) is 7.92. The van der Waals surface area contributed by atoms with Crippen LogP contribution in [0.5, 0.6) is 0 Å². The number of halogens is 1. The average Bonchev–Trinajstić information content (AvgIpc) is 2.74. The van der Waals surface area contributed by atoms with Crippen LogP contribution in [0, 0.1) is 27.7 Å². The summed E-state index contributed by atoms with van der Waals surface area (Å²) in [7, 11) is 3.76. The summed E-state index contributed by atoms with van der Waals surface area (Å²) in [4.78, 5) is 4.30. The monoisotopic (exact) mass is 441 g/mol. The minimum atomic E-state index is 0. The molecule has 2 aromatic rings. The highest BCUT2D eigenvalue weighted by Gasteiger charge is 2.09. The molecule has 2 N–H and O–H groups in total. The van der Waals surface area contributed by atoms with Crippen LogP contribution in [0.1, 0.15) is 33.6 Å². The number of hydrogen-bond acceptors (Lipinski definition) is 2. The lowest BCUT2D eigenvalue weighted by Crippen LogP contribution is -2.36. The molecule has 0 saturated heterocycles. The molecule has 6 heteroatoms. The van der Waals surface area contributed by atoms with Gasteiger partial charge in [-0.3, -0.25) is 9.67 Å². The normalized spacial score (nSPS) is 11.2. The summed E-state index contributed by atoms with van der Waals surface area (Å²) in [6, 6.07) is 6.51. The fourth-order valence-corrected chi connectivity index (χ4v) is 2.69. The molecular weight excluding hydrogens is 413 g/mol. The second-order valence-electron chi connectivity index (χ2n) is 5.98. The Kier molecular flexibility index (Phi) is 7.72. The van der Waals surface area contributed by atoms with E-state index < -0.39 is 0 Å². The fraction of sp³-hybridized carbons (Fsp3) is 0.444. The van der Waals surface area contributed by atoms with Gasteiger partial charge in [-0.05, 0) is 38.8 Å². The van der Waals surface area contributed by atoms with E-state index in [1.54, 1.807) is 7.05 Å². The van der Waals surface area contributed by atoms with E-state index in [1.165, 1.54) is 27.9 Å². The number of hydrogen-bond donors (Lipinski definition) is 2. The lowest BCUT2D eigenvalue weighted by molar-refractivity contribution is 0.728. The quantitative estimate of drug-likeness (QED) is 0.436. The van der Waals surface area contributed by atoms with Crippen molar-refractivity contribution < 1.29 is 0 Å². The molecule has 1 aromatic carbocycles.